The van der Waals surface area contributed by atoms with Crippen LogP contribution in [0.3, 0.4) is 0 Å². The van der Waals surface area contributed by atoms with Crippen LogP contribution in [0.2, 0.25) is 0 Å². The fourth-order valence-electron chi connectivity index (χ4n) is 7.23. The minimum absolute atomic E-state index is 0.206. The van der Waals surface area contributed by atoms with Gasteiger partial charge in [0, 0.05) is 32.6 Å². The zero-order chi connectivity index (χ0) is 37.5. The molecule has 0 aliphatic carbocycles. The third-order valence-electron chi connectivity index (χ3n) is 9.45. The third kappa shape index (κ3) is 8.04. The number of ether oxygens (including phenoxy) is 8. The van der Waals surface area contributed by atoms with Crippen molar-refractivity contribution in [1.29, 1.82) is 0 Å². The molecule has 3 aromatic rings. The van der Waals surface area contributed by atoms with Crippen molar-refractivity contribution in [3.8, 4) is 0 Å². The minimum Gasteiger partial charge on any atom is -0.471 e. The first-order chi connectivity index (χ1) is 25.6. The van der Waals surface area contributed by atoms with E-state index in [1.54, 1.807) is 6.08 Å². The van der Waals surface area contributed by atoms with Crippen LogP contribution in [0, 0.1) is 11.8 Å². The van der Waals surface area contributed by atoms with Gasteiger partial charge in [0.05, 0.1) is 25.0 Å². The summed E-state index contributed by atoms with van der Waals surface area (Å²) in [6, 6.07) is 28.9. The quantitative estimate of drug-likeness (QED) is 0.106. The maximum Gasteiger partial charge on any atom is 0.337 e. The van der Waals surface area contributed by atoms with Crippen molar-refractivity contribution in [3.63, 3.8) is 0 Å². The number of carbonyl (C=O) groups is 4. The molecule has 2 fully saturated rings. The van der Waals surface area contributed by atoms with Gasteiger partial charge in [-0.3, -0.25) is 14.4 Å². The van der Waals surface area contributed by atoms with Crippen molar-refractivity contribution in [1.82, 2.24) is 0 Å². The van der Waals surface area contributed by atoms with E-state index in [4.69, 9.17) is 37.9 Å². The maximum atomic E-state index is 12.7. The summed E-state index contributed by atoms with van der Waals surface area (Å²) in [4.78, 5) is 50.3. The second-order valence-electron chi connectivity index (χ2n) is 12.9. The van der Waals surface area contributed by atoms with Gasteiger partial charge in [0.2, 0.25) is 12.6 Å². The van der Waals surface area contributed by atoms with Gasteiger partial charge in [-0.05, 0) is 23.1 Å². The van der Waals surface area contributed by atoms with E-state index >= 15 is 0 Å². The molecular weight excluding hydrogens is 684 g/mol. The van der Waals surface area contributed by atoms with Gasteiger partial charge in [-0.25, -0.2) is 4.79 Å². The van der Waals surface area contributed by atoms with Gasteiger partial charge in [-0.2, -0.15) is 0 Å². The van der Waals surface area contributed by atoms with Crippen LogP contribution in [0.25, 0.3) is 0 Å². The largest absolute Gasteiger partial charge is 0.471 e. The number of carbonyl (C=O) groups excluding carboxylic acids is 4. The van der Waals surface area contributed by atoms with Gasteiger partial charge in [-0.1, -0.05) is 97.1 Å². The van der Waals surface area contributed by atoms with E-state index in [1.807, 2.05) is 91.0 Å². The highest BCUT2D eigenvalue weighted by atomic mass is 16.8. The molecule has 53 heavy (non-hydrogen) atoms. The molecule has 3 heterocycles. The van der Waals surface area contributed by atoms with E-state index in [9.17, 15) is 19.2 Å². The van der Waals surface area contributed by atoms with E-state index in [-0.39, 0.29) is 19.1 Å². The first-order valence-corrected chi connectivity index (χ1v) is 17.4. The van der Waals surface area contributed by atoms with Gasteiger partial charge in [0.25, 0.3) is 0 Å². The molecule has 6 rings (SSSR count). The molecule has 0 N–H and O–H groups in total. The Labute approximate surface area is 307 Å². The standard InChI is InChI=1S/C41H42O12/c1-5-31-32-21-22-46-38(45)33(32)23-47-39(31)53-40-37(51-27(4)44)36(50-26(3)43)35(49-25(2)42)34(52-40)24-48-41(28-15-9-6-10-16-28,29-17-11-7-12-18-29)30-19-13-8-14-20-30/h5-20,23,31-32,34-37,39-40H,1,21-22,24H2,2-4H3/t31-,32+,34-,35-,36+,37-,39+,40+/m1/s1. The number of benzene rings is 3. The Morgan fingerprint density at radius 1 is 0.755 bits per heavy atom. The van der Waals surface area contributed by atoms with Crippen molar-refractivity contribution < 1.29 is 57.1 Å². The van der Waals surface area contributed by atoms with E-state index in [1.165, 1.54) is 27.0 Å². The van der Waals surface area contributed by atoms with Crippen LogP contribution in [0.4, 0.5) is 0 Å². The molecule has 3 aliphatic heterocycles. The van der Waals surface area contributed by atoms with Crippen LogP contribution in [-0.4, -0.2) is 74.1 Å². The van der Waals surface area contributed by atoms with Gasteiger partial charge in [0.1, 0.15) is 11.7 Å². The Bertz CT molecular complexity index is 1700. The summed E-state index contributed by atoms with van der Waals surface area (Å²) in [6.45, 7) is 7.49. The summed E-state index contributed by atoms with van der Waals surface area (Å²) >= 11 is 0. The highest BCUT2D eigenvalue weighted by Crippen LogP contribution is 2.43. The van der Waals surface area contributed by atoms with E-state index in [2.05, 4.69) is 6.58 Å². The van der Waals surface area contributed by atoms with Crippen molar-refractivity contribution in [3.05, 3.63) is 132 Å². The number of cyclic esters (lactones) is 1. The number of hydrogen-bond acceptors (Lipinski definition) is 12. The van der Waals surface area contributed by atoms with Crippen LogP contribution in [0.1, 0.15) is 43.9 Å². The normalized spacial score (nSPS) is 26.8. The Balaban J connectivity index is 1.42. The fourth-order valence-corrected chi connectivity index (χ4v) is 7.23. The minimum atomic E-state index is -1.44. The SMILES string of the molecule is C=C[C@H]1[C@H](O[C@@H]2O[C@H](COC(c3ccccc3)(c3ccccc3)c3ccccc3)[C@@H](OC(C)=O)[C@H](OC(C)=O)[C@H]2OC(C)=O)OC=C2C(=O)OCC[C@H]21. The molecule has 0 spiro atoms. The lowest BCUT2D eigenvalue weighted by molar-refractivity contribution is -0.344. The van der Waals surface area contributed by atoms with Crippen LogP contribution in [0.15, 0.2) is 115 Å². The predicted octanol–water partition coefficient (Wildman–Crippen LogP) is 5.14. The zero-order valence-corrected chi connectivity index (χ0v) is 29.7. The molecule has 278 valence electrons. The van der Waals surface area contributed by atoms with Crippen molar-refractivity contribution in [2.24, 2.45) is 11.8 Å². The van der Waals surface area contributed by atoms with Gasteiger partial charge in [0.15, 0.2) is 18.3 Å². The highest BCUT2D eigenvalue weighted by Gasteiger charge is 2.55. The van der Waals surface area contributed by atoms with Crippen LogP contribution in [0.5, 0.6) is 0 Å². The molecule has 3 aromatic carbocycles. The van der Waals surface area contributed by atoms with Crippen LogP contribution in [-0.2, 0) is 62.7 Å². The van der Waals surface area contributed by atoms with E-state index in [0.717, 1.165) is 16.7 Å². The molecule has 12 nitrogen and oxygen atoms in total. The van der Waals surface area contributed by atoms with Gasteiger partial charge < -0.3 is 37.9 Å². The monoisotopic (exact) mass is 726 g/mol. The maximum absolute atomic E-state index is 12.7. The molecule has 0 radical (unpaired) electrons. The molecule has 8 atom stereocenters. The molecule has 0 bridgehead atoms. The first-order valence-electron chi connectivity index (χ1n) is 17.4. The fraction of sp³-hybridized carbons (Fsp3) is 0.366. The van der Waals surface area contributed by atoms with E-state index < -0.39 is 72.4 Å². The molecule has 0 aromatic heterocycles. The van der Waals surface area contributed by atoms with Crippen LogP contribution < -0.4 is 0 Å². The zero-order valence-electron chi connectivity index (χ0n) is 29.7. The summed E-state index contributed by atoms with van der Waals surface area (Å²) in [5, 5.41) is 0. The Morgan fingerprint density at radius 2 is 1.26 bits per heavy atom. The Morgan fingerprint density at radius 3 is 1.77 bits per heavy atom. The molecule has 3 aliphatic rings. The average Bonchev–Trinajstić information content (AvgIpc) is 3.15. The molecule has 0 amide bonds. The Hall–Kier alpha value is -5.30. The van der Waals surface area contributed by atoms with Gasteiger partial charge >= 0.3 is 23.9 Å². The summed E-state index contributed by atoms with van der Waals surface area (Å²) in [6.07, 6.45) is -4.40. The van der Waals surface area contributed by atoms with Crippen LogP contribution >= 0.6 is 0 Å². The first kappa shape index (κ1) is 37.5. The lowest BCUT2D eigenvalue weighted by Gasteiger charge is -2.47. The second-order valence-corrected chi connectivity index (χ2v) is 12.9. The second kappa shape index (κ2) is 16.6. The average molecular weight is 727 g/mol. The molecule has 12 heteroatoms. The Kier molecular flexibility index (Phi) is 11.7. The molecule has 0 saturated carbocycles. The highest BCUT2D eigenvalue weighted by molar-refractivity contribution is 5.89. The van der Waals surface area contributed by atoms with Crippen molar-refractivity contribution >= 4 is 23.9 Å². The number of fused-ring (bicyclic) bond motifs is 1. The summed E-state index contributed by atoms with van der Waals surface area (Å²) in [5.74, 6) is -3.54. The third-order valence-corrected chi connectivity index (χ3v) is 9.45. The molecule has 0 unspecified atom stereocenters. The molecule has 2 saturated heterocycles. The summed E-state index contributed by atoms with van der Waals surface area (Å²) in [7, 11) is 0. The lowest BCUT2D eigenvalue weighted by Crippen LogP contribution is -2.64. The van der Waals surface area contributed by atoms with Gasteiger partial charge in [-0.15, -0.1) is 6.58 Å². The number of rotatable bonds is 12. The van der Waals surface area contributed by atoms with Crippen molar-refractivity contribution in [2.75, 3.05) is 13.2 Å². The summed E-state index contributed by atoms with van der Waals surface area (Å²) < 4.78 is 48.4. The number of hydrogen-bond donors (Lipinski definition) is 0. The smallest absolute Gasteiger partial charge is 0.337 e. The van der Waals surface area contributed by atoms with Crippen molar-refractivity contribution in [2.45, 2.75) is 69.8 Å². The predicted molar refractivity (Wildman–Crippen MR) is 187 cm³/mol. The lowest BCUT2D eigenvalue weighted by atomic mass is 9.80. The number of esters is 4. The summed E-state index contributed by atoms with van der Waals surface area (Å²) in [5.41, 5.74) is 1.55. The van der Waals surface area contributed by atoms with E-state index in [0.29, 0.717) is 12.0 Å². The molecular formula is C41H42O12. The topological polar surface area (TPSA) is 142 Å².